The van der Waals surface area contributed by atoms with Gasteiger partial charge in [-0.05, 0) is 40.3 Å². The molecule has 8 nitrogen and oxygen atoms in total. The number of amides is 1. The molecule has 1 aromatic heterocycles. The van der Waals surface area contributed by atoms with Crippen molar-refractivity contribution in [2.24, 2.45) is 5.92 Å². The minimum atomic E-state index is -0.154. The molecule has 26 heavy (non-hydrogen) atoms. The highest BCUT2D eigenvalue weighted by molar-refractivity contribution is 7.99. The smallest absolute Gasteiger partial charge is 0.309 e. The lowest BCUT2D eigenvalue weighted by Gasteiger charge is -2.30. The van der Waals surface area contributed by atoms with Crippen molar-refractivity contribution < 1.29 is 18.7 Å². The predicted octanol–water partition coefficient (Wildman–Crippen LogP) is 1.98. The molecule has 1 aliphatic heterocycles. The predicted molar refractivity (Wildman–Crippen MR) is 97.7 cm³/mol. The lowest BCUT2D eigenvalue weighted by atomic mass is 9.97. The second kappa shape index (κ2) is 9.91. The van der Waals surface area contributed by atoms with Gasteiger partial charge in [0, 0.05) is 13.1 Å². The van der Waals surface area contributed by atoms with Gasteiger partial charge in [-0.1, -0.05) is 18.7 Å². The van der Waals surface area contributed by atoms with Gasteiger partial charge in [-0.3, -0.25) is 14.5 Å². The second-order valence-electron chi connectivity index (χ2n) is 6.49. The van der Waals surface area contributed by atoms with Gasteiger partial charge in [0.2, 0.25) is 11.8 Å². The van der Waals surface area contributed by atoms with Gasteiger partial charge < -0.3 is 14.1 Å². The van der Waals surface area contributed by atoms with Crippen LogP contribution in [-0.2, 0) is 14.3 Å². The molecule has 1 amide bonds. The van der Waals surface area contributed by atoms with Gasteiger partial charge >= 0.3 is 5.97 Å². The number of rotatable bonds is 8. The molecule has 0 aromatic carbocycles. The van der Waals surface area contributed by atoms with Crippen LogP contribution in [0.15, 0.2) is 9.64 Å². The summed E-state index contributed by atoms with van der Waals surface area (Å²) in [6, 6.07) is 0.0782. The molecule has 9 heteroatoms. The lowest BCUT2D eigenvalue weighted by Crippen LogP contribution is -2.41. The van der Waals surface area contributed by atoms with Gasteiger partial charge in [-0.15, -0.1) is 10.2 Å². The summed E-state index contributed by atoms with van der Waals surface area (Å²) >= 11 is 1.26. The van der Waals surface area contributed by atoms with Crippen LogP contribution in [0.25, 0.3) is 0 Å². The Kier molecular flexibility index (Phi) is 7.89. The summed E-state index contributed by atoms with van der Waals surface area (Å²) in [6.07, 6.45) is 2.18. The third kappa shape index (κ3) is 5.44. The number of aromatic nitrogens is 2. The van der Waals surface area contributed by atoms with Crippen molar-refractivity contribution in [3.8, 4) is 0 Å². The number of ether oxygens (including phenoxy) is 1. The summed E-state index contributed by atoms with van der Waals surface area (Å²) < 4.78 is 10.7. The Labute approximate surface area is 158 Å². The summed E-state index contributed by atoms with van der Waals surface area (Å²) in [5.41, 5.74) is 0. The van der Waals surface area contributed by atoms with Crippen LogP contribution in [0.3, 0.4) is 0 Å². The second-order valence-corrected chi connectivity index (χ2v) is 7.42. The Hall–Kier alpha value is -1.61. The number of thioether (sulfide) groups is 1. The van der Waals surface area contributed by atoms with Crippen LogP contribution in [0.2, 0.25) is 0 Å². The van der Waals surface area contributed by atoms with Crippen molar-refractivity contribution in [3.63, 3.8) is 0 Å². The third-order valence-corrected chi connectivity index (χ3v) is 5.31. The van der Waals surface area contributed by atoms with Crippen molar-refractivity contribution in [1.29, 1.82) is 0 Å². The average molecular weight is 385 g/mol. The van der Waals surface area contributed by atoms with Crippen molar-refractivity contribution in [1.82, 2.24) is 20.0 Å². The Morgan fingerprint density at radius 2 is 2.00 bits per heavy atom. The number of piperidine rings is 1. The van der Waals surface area contributed by atoms with Crippen LogP contribution in [-0.4, -0.2) is 71.4 Å². The van der Waals surface area contributed by atoms with Crippen molar-refractivity contribution in [3.05, 3.63) is 5.89 Å². The van der Waals surface area contributed by atoms with Crippen molar-refractivity contribution in [2.45, 2.75) is 44.4 Å². The molecule has 1 fully saturated rings. The fraction of sp³-hybridized carbons (Fsp3) is 0.765. The SMILES string of the molecule is CCOC(=O)C1CCN(C(=O)CSc2nnc([C@@H](CC)N(C)C)o2)CC1. The van der Waals surface area contributed by atoms with E-state index in [2.05, 4.69) is 17.1 Å². The van der Waals surface area contributed by atoms with Crippen molar-refractivity contribution >= 4 is 23.6 Å². The topological polar surface area (TPSA) is 88.8 Å². The first-order valence-corrected chi connectivity index (χ1v) is 10.0. The monoisotopic (exact) mass is 384 g/mol. The largest absolute Gasteiger partial charge is 0.466 e. The zero-order valence-electron chi connectivity index (χ0n) is 15.9. The number of hydrogen-bond acceptors (Lipinski definition) is 8. The Morgan fingerprint density at radius 1 is 1.31 bits per heavy atom. The van der Waals surface area contributed by atoms with E-state index in [0.29, 0.717) is 43.7 Å². The van der Waals surface area contributed by atoms with E-state index in [1.54, 1.807) is 11.8 Å². The number of hydrogen-bond donors (Lipinski definition) is 0. The number of carbonyl (C=O) groups excluding carboxylic acids is 2. The molecular formula is C17H28N4O4S. The molecule has 0 aliphatic carbocycles. The lowest BCUT2D eigenvalue weighted by molar-refractivity contribution is -0.151. The molecule has 0 radical (unpaired) electrons. The molecule has 0 spiro atoms. The molecule has 0 unspecified atom stereocenters. The Morgan fingerprint density at radius 3 is 2.58 bits per heavy atom. The van der Waals surface area contributed by atoms with Crippen molar-refractivity contribution in [2.75, 3.05) is 39.5 Å². The van der Waals surface area contributed by atoms with Crippen LogP contribution in [0.4, 0.5) is 0 Å². The first kappa shape index (κ1) is 20.7. The highest BCUT2D eigenvalue weighted by Crippen LogP contribution is 2.25. The maximum absolute atomic E-state index is 12.4. The molecule has 1 atom stereocenters. The maximum Gasteiger partial charge on any atom is 0.309 e. The quantitative estimate of drug-likeness (QED) is 0.496. The average Bonchev–Trinajstić information content (AvgIpc) is 3.09. The molecule has 0 N–H and O–H groups in total. The fourth-order valence-corrected chi connectivity index (χ4v) is 3.69. The van der Waals surface area contributed by atoms with Gasteiger partial charge in [0.15, 0.2) is 0 Å². The van der Waals surface area contributed by atoms with E-state index in [9.17, 15) is 9.59 Å². The van der Waals surface area contributed by atoms with E-state index in [1.165, 1.54) is 11.8 Å². The van der Waals surface area contributed by atoms with E-state index < -0.39 is 0 Å². The number of nitrogens with zero attached hydrogens (tertiary/aromatic N) is 4. The number of carbonyl (C=O) groups is 2. The summed E-state index contributed by atoms with van der Waals surface area (Å²) in [6.45, 7) is 5.42. The summed E-state index contributed by atoms with van der Waals surface area (Å²) in [5.74, 6) is 0.602. The Balaban J connectivity index is 1.79. The van der Waals surface area contributed by atoms with Gasteiger partial charge in [0.25, 0.3) is 5.22 Å². The van der Waals surface area contributed by atoms with E-state index in [-0.39, 0.29) is 29.6 Å². The zero-order chi connectivity index (χ0) is 19.1. The molecule has 146 valence electrons. The zero-order valence-corrected chi connectivity index (χ0v) is 16.8. The molecule has 1 aromatic rings. The van der Waals surface area contributed by atoms with Crippen LogP contribution in [0.5, 0.6) is 0 Å². The summed E-state index contributed by atoms with van der Waals surface area (Å²) in [5, 5.41) is 8.53. The molecule has 2 heterocycles. The Bertz CT molecular complexity index is 599. The molecule has 0 bridgehead atoms. The first-order valence-electron chi connectivity index (χ1n) is 9.03. The fourth-order valence-electron chi connectivity index (χ4n) is 3.01. The van der Waals surface area contributed by atoms with Gasteiger partial charge in [0.05, 0.1) is 24.3 Å². The minimum Gasteiger partial charge on any atom is -0.466 e. The summed E-state index contributed by atoms with van der Waals surface area (Å²) in [4.78, 5) is 27.9. The molecule has 0 saturated carbocycles. The third-order valence-electron chi connectivity index (χ3n) is 4.50. The normalized spacial score (nSPS) is 16.7. The number of likely N-dealkylation sites (tertiary alicyclic amines) is 1. The van der Waals surface area contributed by atoms with Gasteiger partial charge in [-0.25, -0.2) is 0 Å². The highest BCUT2D eigenvalue weighted by atomic mass is 32.2. The van der Waals surface area contributed by atoms with Gasteiger partial charge in [0.1, 0.15) is 0 Å². The van der Waals surface area contributed by atoms with Gasteiger partial charge in [-0.2, -0.15) is 0 Å². The summed E-state index contributed by atoms with van der Waals surface area (Å²) in [7, 11) is 3.93. The molecule has 1 aliphatic rings. The highest BCUT2D eigenvalue weighted by Gasteiger charge is 2.28. The first-order chi connectivity index (χ1) is 12.5. The van der Waals surface area contributed by atoms with Crippen LogP contribution in [0.1, 0.15) is 45.0 Å². The van der Waals surface area contributed by atoms with E-state index in [0.717, 1.165) is 6.42 Å². The minimum absolute atomic E-state index is 0.0247. The van der Waals surface area contributed by atoms with E-state index >= 15 is 0 Å². The molecule has 1 saturated heterocycles. The van der Waals surface area contributed by atoms with Crippen LogP contribution in [0, 0.1) is 5.92 Å². The number of esters is 1. The van der Waals surface area contributed by atoms with Crippen LogP contribution >= 0.6 is 11.8 Å². The van der Waals surface area contributed by atoms with E-state index in [1.807, 2.05) is 19.0 Å². The molecular weight excluding hydrogens is 356 g/mol. The maximum atomic E-state index is 12.4. The standard InChI is InChI=1S/C17H28N4O4S/c1-5-13(20(3)4)15-18-19-17(25-15)26-11-14(22)21-9-7-12(8-10-21)16(23)24-6-2/h12-13H,5-11H2,1-4H3/t13-/m1/s1. The molecule has 2 rings (SSSR count). The van der Waals surface area contributed by atoms with E-state index in [4.69, 9.17) is 9.15 Å². The van der Waals surface area contributed by atoms with Crippen LogP contribution < -0.4 is 0 Å².